The van der Waals surface area contributed by atoms with Crippen molar-refractivity contribution >= 4 is 21.8 Å². The van der Waals surface area contributed by atoms with Gasteiger partial charge in [-0.3, -0.25) is 4.68 Å². The maximum absolute atomic E-state index is 6.49. The number of hydrogen-bond acceptors (Lipinski definition) is 3. The number of para-hydroxylation sites is 1. The van der Waals surface area contributed by atoms with Gasteiger partial charge >= 0.3 is 21.1 Å². The van der Waals surface area contributed by atoms with Crippen molar-refractivity contribution in [2.45, 2.75) is 67.2 Å². The molecule has 0 radical (unpaired) electrons. The van der Waals surface area contributed by atoms with Crippen LogP contribution in [0.5, 0.6) is 11.5 Å². The topological polar surface area (TPSA) is 44.9 Å². The van der Waals surface area contributed by atoms with Crippen molar-refractivity contribution in [3.05, 3.63) is 131 Å². The molecule has 0 fully saturated rings. The van der Waals surface area contributed by atoms with Crippen LogP contribution in [-0.4, -0.2) is 19.3 Å². The van der Waals surface area contributed by atoms with Gasteiger partial charge in [0.25, 0.3) is 0 Å². The summed E-state index contributed by atoms with van der Waals surface area (Å²) in [6.07, 6.45) is 5.83. The molecule has 244 valence electrons. The van der Waals surface area contributed by atoms with Gasteiger partial charge in [0.15, 0.2) is 0 Å². The van der Waals surface area contributed by atoms with E-state index in [2.05, 4.69) is 118 Å². The number of ether oxygens (including phenoxy) is 1. The first-order valence-corrected chi connectivity index (χ1v) is 16.6. The molecule has 3 aromatic heterocycles. The molecule has 0 aliphatic carbocycles. The van der Waals surface area contributed by atoms with E-state index < -0.39 is 0 Å². The second-order valence-electron chi connectivity index (χ2n) is 12.5. The third kappa shape index (κ3) is 6.13. The van der Waals surface area contributed by atoms with Crippen LogP contribution in [0, 0.1) is 39.8 Å². The molecule has 0 saturated heterocycles. The number of nitrogens with zero attached hydrogens (tertiary/aromatic N) is 4. The van der Waals surface area contributed by atoms with Gasteiger partial charge < -0.3 is 9.30 Å². The standard InChI is InChI=1S/C42H40N4O.Pt/c1-7-9-16-38-42(41-29(5)22-28(4)23-30(41)6)36(8-2)44-46(38)31-13-12-14-32(25-31)47-33-18-19-35-34-15-10-11-17-37(34)45(39(35)26-33)40-24-27(3)20-21-43-40;/h10-15,17-24H,7-9,16H2,1-6H3;/q-2;+2. The van der Waals surface area contributed by atoms with E-state index in [9.17, 15) is 0 Å². The second kappa shape index (κ2) is 13.9. The summed E-state index contributed by atoms with van der Waals surface area (Å²) >= 11 is 0. The van der Waals surface area contributed by atoms with E-state index in [4.69, 9.17) is 14.8 Å². The van der Waals surface area contributed by atoms with E-state index in [0.717, 1.165) is 70.3 Å². The molecule has 0 saturated carbocycles. The van der Waals surface area contributed by atoms with E-state index in [-0.39, 0.29) is 21.1 Å². The summed E-state index contributed by atoms with van der Waals surface area (Å²) in [5.74, 6) is 2.10. The van der Waals surface area contributed by atoms with Crippen molar-refractivity contribution in [1.29, 1.82) is 0 Å². The van der Waals surface area contributed by atoms with Gasteiger partial charge in [0.1, 0.15) is 5.82 Å². The molecule has 7 rings (SSSR count). The Balaban J connectivity index is 0.00000401. The summed E-state index contributed by atoms with van der Waals surface area (Å²) in [7, 11) is 0. The minimum absolute atomic E-state index is 0. The Hall–Kier alpha value is -4.47. The minimum Gasteiger partial charge on any atom is -0.509 e. The number of benzene rings is 4. The van der Waals surface area contributed by atoms with E-state index in [0.29, 0.717) is 11.5 Å². The SMILES string of the molecule is CCCCc1c(-c2c(C)cc(C)cc2C)c(CC)nn1-c1[c-]c(Oc2[c-]c3c(cc2)c2ccccc2n3-c2cc(C)ccn2)ccc1.[Pt+2]. The third-order valence-electron chi connectivity index (χ3n) is 8.97. The molecule has 0 aliphatic heterocycles. The molecule has 0 atom stereocenters. The zero-order valence-corrected chi connectivity index (χ0v) is 30.7. The maximum Gasteiger partial charge on any atom is 2.00 e. The molecule has 7 aromatic rings. The van der Waals surface area contributed by atoms with E-state index in [1.165, 1.54) is 33.5 Å². The fourth-order valence-corrected chi connectivity index (χ4v) is 6.94. The first-order chi connectivity index (χ1) is 22.9. The van der Waals surface area contributed by atoms with Gasteiger partial charge in [0, 0.05) is 34.5 Å². The minimum atomic E-state index is 0. The van der Waals surface area contributed by atoms with Crippen LogP contribution in [0.2, 0.25) is 0 Å². The molecule has 0 bridgehead atoms. The van der Waals surface area contributed by atoms with E-state index in [1.807, 2.05) is 30.5 Å². The first-order valence-electron chi connectivity index (χ1n) is 16.6. The van der Waals surface area contributed by atoms with E-state index in [1.54, 1.807) is 0 Å². The average molecular weight is 812 g/mol. The summed E-state index contributed by atoms with van der Waals surface area (Å²) in [5, 5.41) is 7.47. The third-order valence-corrected chi connectivity index (χ3v) is 8.97. The monoisotopic (exact) mass is 811 g/mol. The molecular weight excluding hydrogens is 772 g/mol. The Bertz CT molecular complexity index is 2240. The van der Waals surface area contributed by atoms with Gasteiger partial charge in [-0.2, -0.15) is 17.2 Å². The number of hydrogen-bond donors (Lipinski definition) is 0. The Labute approximate surface area is 297 Å². The quantitative estimate of drug-likeness (QED) is 0.136. The van der Waals surface area contributed by atoms with Crippen molar-refractivity contribution in [2.75, 3.05) is 0 Å². The van der Waals surface area contributed by atoms with Crippen LogP contribution in [0.15, 0.2) is 85.1 Å². The molecule has 0 amide bonds. The summed E-state index contributed by atoms with van der Waals surface area (Å²) in [6.45, 7) is 13.1. The van der Waals surface area contributed by atoms with E-state index >= 15 is 0 Å². The van der Waals surface area contributed by atoms with Crippen LogP contribution in [0.25, 0.3) is 44.4 Å². The van der Waals surface area contributed by atoms with Crippen LogP contribution in [0.1, 0.15) is 60.3 Å². The predicted octanol–water partition coefficient (Wildman–Crippen LogP) is 10.6. The largest absolute Gasteiger partial charge is 2.00 e. The molecule has 6 heteroatoms. The Morgan fingerprint density at radius 3 is 2.27 bits per heavy atom. The van der Waals surface area contributed by atoms with Crippen LogP contribution in [0.3, 0.4) is 0 Å². The van der Waals surface area contributed by atoms with Gasteiger partial charge in [0.05, 0.1) is 5.69 Å². The number of aryl methyl sites for hydroxylation is 5. The molecule has 48 heavy (non-hydrogen) atoms. The van der Waals surface area contributed by atoms with Crippen molar-refractivity contribution < 1.29 is 25.8 Å². The maximum atomic E-state index is 6.49. The smallest absolute Gasteiger partial charge is 0.509 e. The van der Waals surface area contributed by atoms with Crippen LogP contribution >= 0.6 is 0 Å². The normalized spacial score (nSPS) is 11.3. The first kappa shape index (κ1) is 33.4. The average Bonchev–Trinajstić information content (AvgIpc) is 3.58. The summed E-state index contributed by atoms with van der Waals surface area (Å²) < 4.78 is 10.8. The van der Waals surface area contributed by atoms with Gasteiger partial charge in [-0.25, -0.2) is 4.98 Å². The molecule has 0 aliphatic rings. The fraction of sp³-hybridized carbons (Fsp3) is 0.238. The molecular formula is C42H40N4OPt. The Morgan fingerprint density at radius 1 is 0.750 bits per heavy atom. The Morgan fingerprint density at radius 2 is 1.52 bits per heavy atom. The Kier molecular flexibility index (Phi) is 9.71. The van der Waals surface area contributed by atoms with Crippen molar-refractivity contribution in [1.82, 2.24) is 19.3 Å². The van der Waals surface area contributed by atoms with Crippen LogP contribution < -0.4 is 4.74 Å². The molecule has 5 nitrogen and oxygen atoms in total. The number of aromatic nitrogens is 4. The summed E-state index contributed by atoms with van der Waals surface area (Å²) in [4.78, 5) is 4.71. The predicted molar refractivity (Wildman–Crippen MR) is 192 cm³/mol. The molecule has 0 spiro atoms. The summed E-state index contributed by atoms with van der Waals surface area (Å²) in [5.41, 5.74) is 12.8. The number of pyridine rings is 1. The number of unbranched alkanes of at least 4 members (excludes halogenated alkanes) is 1. The summed E-state index contributed by atoms with van der Waals surface area (Å²) in [6, 6.07) is 34.3. The number of fused-ring (bicyclic) bond motifs is 3. The van der Waals surface area contributed by atoms with Crippen LogP contribution in [0.4, 0.5) is 0 Å². The van der Waals surface area contributed by atoms with Crippen molar-refractivity contribution in [3.63, 3.8) is 0 Å². The van der Waals surface area contributed by atoms with Gasteiger partial charge in [-0.15, -0.1) is 35.7 Å². The van der Waals surface area contributed by atoms with Gasteiger partial charge in [-0.05, 0) is 98.5 Å². The second-order valence-corrected chi connectivity index (χ2v) is 12.5. The molecule has 3 heterocycles. The van der Waals surface area contributed by atoms with Crippen molar-refractivity contribution in [2.24, 2.45) is 0 Å². The molecule has 0 unspecified atom stereocenters. The number of rotatable bonds is 9. The van der Waals surface area contributed by atoms with Crippen molar-refractivity contribution in [3.8, 4) is 34.1 Å². The molecule has 4 aromatic carbocycles. The van der Waals surface area contributed by atoms with Gasteiger partial charge in [0.2, 0.25) is 0 Å². The zero-order valence-electron chi connectivity index (χ0n) is 28.4. The van der Waals surface area contributed by atoms with Crippen LogP contribution in [-0.2, 0) is 33.9 Å². The molecule has 0 N–H and O–H groups in total. The fourth-order valence-electron chi connectivity index (χ4n) is 6.94. The van der Waals surface area contributed by atoms with Gasteiger partial charge in [-0.1, -0.05) is 61.7 Å². The zero-order chi connectivity index (χ0) is 32.7.